The molecule has 2 rings (SSSR count). The predicted molar refractivity (Wildman–Crippen MR) is 99.8 cm³/mol. The lowest BCUT2D eigenvalue weighted by molar-refractivity contribution is -0.139. The van der Waals surface area contributed by atoms with Crippen molar-refractivity contribution in [2.45, 2.75) is 11.9 Å². The van der Waals surface area contributed by atoms with Gasteiger partial charge in [0.05, 0.1) is 0 Å². The smallest absolute Gasteiger partial charge is 0.331 e. The molecule has 0 saturated heterocycles. The molecule has 1 N–H and O–H groups in total. The Bertz CT molecular complexity index is 695. The predicted octanol–water partition coefficient (Wildman–Crippen LogP) is 4.44. The number of aromatic hydroxyl groups is 1. The van der Waals surface area contributed by atoms with Crippen LogP contribution in [0.2, 0.25) is 0 Å². The van der Waals surface area contributed by atoms with Crippen molar-refractivity contribution in [2.75, 3.05) is 5.75 Å². The molecule has 0 radical (unpaired) electrons. The number of carbonyl (C=O) groups is 1. The standard InChI is InChI=1S/C20H20O3S/c1-2-14-24-20(15-16-8-4-3-5-9-16)23-19(22)13-12-17-10-6-7-11-18(17)21/h2-13,20-21H,1,14-15H2. The maximum absolute atomic E-state index is 12.1. The summed E-state index contributed by atoms with van der Waals surface area (Å²) in [7, 11) is 0. The van der Waals surface area contributed by atoms with Gasteiger partial charge in [0.2, 0.25) is 0 Å². The van der Waals surface area contributed by atoms with Gasteiger partial charge in [0, 0.05) is 23.8 Å². The molecule has 0 fully saturated rings. The van der Waals surface area contributed by atoms with Gasteiger partial charge in [-0.1, -0.05) is 54.6 Å². The quantitative estimate of drug-likeness (QED) is 0.334. The lowest BCUT2D eigenvalue weighted by Crippen LogP contribution is -2.16. The molecule has 0 aliphatic carbocycles. The number of ether oxygens (including phenoxy) is 1. The minimum atomic E-state index is -0.434. The Kier molecular flexibility index (Phi) is 7.18. The lowest BCUT2D eigenvalue weighted by atomic mass is 10.2. The minimum absolute atomic E-state index is 0.128. The number of carbonyl (C=O) groups excluding carboxylic acids is 1. The molecule has 3 nitrogen and oxygen atoms in total. The first kappa shape index (κ1) is 17.9. The number of hydrogen-bond acceptors (Lipinski definition) is 4. The van der Waals surface area contributed by atoms with Gasteiger partial charge < -0.3 is 9.84 Å². The highest BCUT2D eigenvalue weighted by atomic mass is 32.2. The number of benzene rings is 2. The molecule has 0 aromatic heterocycles. The third-order valence-corrected chi connectivity index (χ3v) is 4.29. The molecule has 124 valence electrons. The Balaban J connectivity index is 1.98. The summed E-state index contributed by atoms with van der Waals surface area (Å²) in [4.78, 5) is 12.1. The van der Waals surface area contributed by atoms with Gasteiger partial charge in [0.25, 0.3) is 0 Å². The molecule has 0 heterocycles. The SMILES string of the molecule is C=CCSC(Cc1ccccc1)OC(=O)C=Cc1ccccc1O. The fraction of sp³-hybridized carbons (Fsp3) is 0.150. The molecule has 1 unspecified atom stereocenters. The highest BCUT2D eigenvalue weighted by Crippen LogP contribution is 2.20. The summed E-state index contributed by atoms with van der Waals surface area (Å²) in [5.74, 6) is 0.396. The van der Waals surface area contributed by atoms with Gasteiger partial charge in [-0.3, -0.25) is 0 Å². The van der Waals surface area contributed by atoms with E-state index in [2.05, 4.69) is 6.58 Å². The van der Waals surface area contributed by atoms with Crippen LogP contribution in [0.15, 0.2) is 73.3 Å². The lowest BCUT2D eigenvalue weighted by Gasteiger charge is -2.16. The monoisotopic (exact) mass is 340 g/mol. The molecule has 0 amide bonds. The van der Waals surface area contributed by atoms with Crippen LogP contribution in [0.25, 0.3) is 6.08 Å². The van der Waals surface area contributed by atoms with Crippen LogP contribution in [-0.4, -0.2) is 22.3 Å². The highest BCUT2D eigenvalue weighted by Gasteiger charge is 2.13. The molecular weight excluding hydrogens is 320 g/mol. The van der Waals surface area contributed by atoms with Crippen molar-refractivity contribution < 1.29 is 14.6 Å². The van der Waals surface area contributed by atoms with Gasteiger partial charge in [0.1, 0.15) is 5.75 Å². The van der Waals surface area contributed by atoms with Crippen molar-refractivity contribution >= 4 is 23.8 Å². The van der Waals surface area contributed by atoms with E-state index in [1.54, 1.807) is 36.4 Å². The molecule has 24 heavy (non-hydrogen) atoms. The molecular formula is C20H20O3S. The second kappa shape index (κ2) is 9.63. The summed E-state index contributed by atoms with van der Waals surface area (Å²) < 4.78 is 5.53. The number of rotatable bonds is 8. The van der Waals surface area contributed by atoms with Gasteiger partial charge >= 0.3 is 5.97 Å². The fourth-order valence-corrected chi connectivity index (χ4v) is 2.90. The van der Waals surface area contributed by atoms with Crippen molar-refractivity contribution in [3.63, 3.8) is 0 Å². The van der Waals surface area contributed by atoms with Crippen LogP contribution in [0.5, 0.6) is 5.75 Å². The number of thioether (sulfide) groups is 1. The van der Waals surface area contributed by atoms with E-state index in [0.717, 1.165) is 5.56 Å². The van der Waals surface area contributed by atoms with Crippen LogP contribution < -0.4 is 0 Å². The number of para-hydroxylation sites is 1. The maximum atomic E-state index is 12.1. The van der Waals surface area contributed by atoms with Gasteiger partial charge in [-0.2, -0.15) is 0 Å². The highest BCUT2D eigenvalue weighted by molar-refractivity contribution is 7.99. The summed E-state index contributed by atoms with van der Waals surface area (Å²) in [6.45, 7) is 3.70. The molecule has 1 atom stereocenters. The number of phenols is 1. The molecule has 0 bridgehead atoms. The molecule has 4 heteroatoms. The Morgan fingerprint density at radius 3 is 2.58 bits per heavy atom. The summed E-state index contributed by atoms with van der Waals surface area (Å²) in [5, 5.41) is 9.70. The van der Waals surface area contributed by atoms with E-state index in [4.69, 9.17) is 4.74 Å². The van der Waals surface area contributed by atoms with Crippen molar-refractivity contribution in [1.29, 1.82) is 0 Å². The fourth-order valence-electron chi connectivity index (χ4n) is 2.07. The third-order valence-electron chi connectivity index (χ3n) is 3.23. The van der Waals surface area contributed by atoms with E-state index in [1.807, 2.05) is 30.3 Å². The molecule has 2 aromatic rings. The van der Waals surface area contributed by atoms with Crippen LogP contribution >= 0.6 is 11.8 Å². The summed E-state index contributed by atoms with van der Waals surface area (Å²) >= 11 is 1.53. The second-order valence-corrected chi connectivity index (χ2v) is 6.26. The van der Waals surface area contributed by atoms with Crippen LogP contribution in [-0.2, 0) is 16.0 Å². The Morgan fingerprint density at radius 2 is 1.88 bits per heavy atom. The topological polar surface area (TPSA) is 46.5 Å². The van der Waals surface area contributed by atoms with E-state index in [1.165, 1.54) is 17.8 Å². The van der Waals surface area contributed by atoms with Gasteiger partial charge in [0.15, 0.2) is 5.44 Å². The Labute approximate surface area is 146 Å². The van der Waals surface area contributed by atoms with Crippen LogP contribution in [0.4, 0.5) is 0 Å². The van der Waals surface area contributed by atoms with Crippen molar-refractivity contribution in [2.24, 2.45) is 0 Å². The zero-order chi connectivity index (χ0) is 17.2. The molecule has 2 aromatic carbocycles. The molecule has 0 spiro atoms. The first-order valence-electron chi connectivity index (χ1n) is 7.62. The van der Waals surface area contributed by atoms with E-state index in [9.17, 15) is 9.90 Å². The molecule has 0 aliphatic rings. The number of hydrogen-bond donors (Lipinski definition) is 1. The summed E-state index contributed by atoms with van der Waals surface area (Å²) in [6, 6.07) is 16.7. The molecule has 0 aliphatic heterocycles. The van der Waals surface area contributed by atoms with Gasteiger partial charge in [-0.25, -0.2) is 4.79 Å². The normalized spacial score (nSPS) is 12.0. The van der Waals surface area contributed by atoms with Crippen LogP contribution in [0.3, 0.4) is 0 Å². The number of esters is 1. The maximum Gasteiger partial charge on any atom is 0.331 e. The number of phenolic OH excluding ortho intramolecular Hbond substituents is 1. The average Bonchev–Trinajstić information content (AvgIpc) is 2.60. The van der Waals surface area contributed by atoms with Crippen molar-refractivity contribution in [3.8, 4) is 5.75 Å². The van der Waals surface area contributed by atoms with Crippen molar-refractivity contribution in [1.82, 2.24) is 0 Å². The van der Waals surface area contributed by atoms with E-state index in [-0.39, 0.29) is 11.2 Å². The van der Waals surface area contributed by atoms with E-state index in [0.29, 0.717) is 17.7 Å². The molecule has 0 saturated carbocycles. The summed E-state index contributed by atoms with van der Waals surface area (Å²) in [5.41, 5.74) is 1.40. The zero-order valence-corrected chi connectivity index (χ0v) is 14.1. The zero-order valence-electron chi connectivity index (χ0n) is 13.3. The van der Waals surface area contributed by atoms with Crippen LogP contribution in [0.1, 0.15) is 11.1 Å². The first-order valence-corrected chi connectivity index (χ1v) is 8.67. The second-order valence-electron chi connectivity index (χ2n) is 5.07. The van der Waals surface area contributed by atoms with E-state index >= 15 is 0 Å². The Hall–Kier alpha value is -2.46. The Morgan fingerprint density at radius 1 is 1.17 bits per heavy atom. The largest absolute Gasteiger partial charge is 0.507 e. The van der Waals surface area contributed by atoms with Gasteiger partial charge in [-0.05, 0) is 17.7 Å². The minimum Gasteiger partial charge on any atom is -0.507 e. The van der Waals surface area contributed by atoms with E-state index < -0.39 is 5.97 Å². The average molecular weight is 340 g/mol. The van der Waals surface area contributed by atoms with Gasteiger partial charge in [-0.15, -0.1) is 18.3 Å². The first-order chi connectivity index (χ1) is 11.7. The third kappa shape index (κ3) is 5.97. The summed E-state index contributed by atoms with van der Waals surface area (Å²) in [6.07, 6.45) is 5.31. The van der Waals surface area contributed by atoms with Crippen LogP contribution in [0, 0.1) is 0 Å². The van der Waals surface area contributed by atoms with Crippen molar-refractivity contribution in [3.05, 3.63) is 84.5 Å².